The van der Waals surface area contributed by atoms with Gasteiger partial charge in [-0.15, -0.1) is 11.3 Å². The number of benzene rings is 1. The summed E-state index contributed by atoms with van der Waals surface area (Å²) in [6, 6.07) is 7.48. The smallest absolute Gasteiger partial charge is 0.180 e. The van der Waals surface area contributed by atoms with Crippen LogP contribution in [0.25, 0.3) is 10.1 Å². The largest absolute Gasteiger partial charge is 0.321 e. The maximum absolute atomic E-state index is 12.1. The molecule has 0 fully saturated rings. The van der Waals surface area contributed by atoms with Gasteiger partial charge in [0.25, 0.3) is 0 Å². The number of ketones is 1. The molecule has 1 atom stereocenters. The molecule has 1 aromatic carbocycles. The third kappa shape index (κ3) is 2.01. The fourth-order valence-corrected chi connectivity index (χ4v) is 2.75. The lowest BCUT2D eigenvalue weighted by Crippen LogP contribution is -2.30. The van der Waals surface area contributed by atoms with E-state index in [1.54, 1.807) is 11.3 Å². The second kappa shape index (κ2) is 4.76. The monoisotopic (exact) mass is 233 g/mol. The van der Waals surface area contributed by atoms with Gasteiger partial charge in [0.05, 0.1) is 6.04 Å². The van der Waals surface area contributed by atoms with Crippen LogP contribution in [0.1, 0.15) is 30.1 Å². The number of rotatable bonds is 4. The first-order valence-corrected chi connectivity index (χ1v) is 6.38. The van der Waals surface area contributed by atoms with Crippen LogP contribution >= 0.6 is 11.3 Å². The predicted octanol–water partition coefficient (Wildman–Crippen LogP) is 3.21. The van der Waals surface area contributed by atoms with Crippen molar-refractivity contribution in [3.63, 3.8) is 0 Å². The van der Waals surface area contributed by atoms with Gasteiger partial charge < -0.3 is 5.73 Å². The maximum atomic E-state index is 12.1. The Hall–Kier alpha value is -1.19. The molecule has 1 unspecified atom stereocenters. The summed E-state index contributed by atoms with van der Waals surface area (Å²) in [6.07, 6.45) is 1.69. The number of carbonyl (C=O) groups excluding carboxylic acids is 1. The number of Topliss-reactive ketones (excluding diaryl/α,β-unsaturated/α-hetero) is 1. The van der Waals surface area contributed by atoms with E-state index in [-0.39, 0.29) is 11.8 Å². The second-order valence-electron chi connectivity index (χ2n) is 3.90. The lowest BCUT2D eigenvalue weighted by atomic mass is 10.0. The number of hydrogen-bond donors (Lipinski definition) is 1. The first-order chi connectivity index (χ1) is 7.74. The molecular formula is C13H15NOS. The third-order valence-electron chi connectivity index (χ3n) is 2.68. The highest BCUT2D eigenvalue weighted by atomic mass is 32.1. The van der Waals surface area contributed by atoms with Gasteiger partial charge >= 0.3 is 0 Å². The van der Waals surface area contributed by atoms with Gasteiger partial charge in [-0.2, -0.15) is 0 Å². The van der Waals surface area contributed by atoms with Gasteiger partial charge in [0, 0.05) is 10.3 Å². The summed E-state index contributed by atoms with van der Waals surface area (Å²) in [4.78, 5) is 12.1. The van der Waals surface area contributed by atoms with Gasteiger partial charge in [-0.3, -0.25) is 4.79 Å². The second-order valence-corrected chi connectivity index (χ2v) is 4.82. The van der Waals surface area contributed by atoms with E-state index in [2.05, 4.69) is 0 Å². The highest BCUT2D eigenvalue weighted by Gasteiger charge is 2.17. The number of carbonyl (C=O) groups is 1. The number of nitrogens with two attached hydrogens (primary N) is 1. The average molecular weight is 233 g/mol. The molecule has 1 heterocycles. The Morgan fingerprint density at radius 3 is 3.00 bits per heavy atom. The molecule has 0 radical (unpaired) electrons. The van der Waals surface area contributed by atoms with Gasteiger partial charge in [0.15, 0.2) is 5.78 Å². The number of fused-ring (bicyclic) bond motifs is 1. The Bertz CT molecular complexity index is 503. The molecular weight excluding hydrogens is 218 g/mol. The van der Waals surface area contributed by atoms with Crippen molar-refractivity contribution in [1.82, 2.24) is 0 Å². The van der Waals surface area contributed by atoms with E-state index in [1.807, 2.05) is 36.6 Å². The molecule has 2 nitrogen and oxygen atoms in total. The zero-order valence-corrected chi connectivity index (χ0v) is 10.1. The average Bonchev–Trinajstić information content (AvgIpc) is 2.76. The molecule has 0 amide bonds. The van der Waals surface area contributed by atoms with Crippen LogP contribution in [0.15, 0.2) is 29.6 Å². The molecule has 0 aliphatic rings. The summed E-state index contributed by atoms with van der Waals surface area (Å²) in [5, 5.41) is 3.13. The Balaban J connectivity index is 2.39. The first kappa shape index (κ1) is 11.3. The molecule has 3 heteroatoms. The topological polar surface area (TPSA) is 43.1 Å². The highest BCUT2D eigenvalue weighted by Crippen LogP contribution is 2.25. The normalized spacial score (nSPS) is 12.9. The van der Waals surface area contributed by atoms with Crippen molar-refractivity contribution >= 4 is 27.2 Å². The summed E-state index contributed by atoms with van der Waals surface area (Å²) in [7, 11) is 0. The molecule has 0 bridgehead atoms. The Morgan fingerprint density at radius 1 is 1.44 bits per heavy atom. The van der Waals surface area contributed by atoms with Gasteiger partial charge in [0.1, 0.15) is 0 Å². The summed E-state index contributed by atoms with van der Waals surface area (Å²) in [5.41, 5.74) is 6.65. The highest BCUT2D eigenvalue weighted by molar-refractivity contribution is 7.17. The molecule has 1 aromatic heterocycles. The van der Waals surface area contributed by atoms with E-state index in [4.69, 9.17) is 5.73 Å². The fraction of sp³-hybridized carbons (Fsp3) is 0.308. The van der Waals surface area contributed by atoms with E-state index in [0.717, 1.165) is 28.5 Å². The van der Waals surface area contributed by atoms with Crippen molar-refractivity contribution in [1.29, 1.82) is 0 Å². The van der Waals surface area contributed by atoms with Crippen LogP contribution in [-0.2, 0) is 0 Å². The van der Waals surface area contributed by atoms with E-state index in [0.29, 0.717) is 0 Å². The molecule has 2 rings (SSSR count). The Morgan fingerprint density at radius 2 is 2.25 bits per heavy atom. The van der Waals surface area contributed by atoms with Crippen molar-refractivity contribution in [2.45, 2.75) is 25.8 Å². The van der Waals surface area contributed by atoms with Crippen molar-refractivity contribution < 1.29 is 4.79 Å². The Kier molecular flexibility index (Phi) is 3.36. The molecule has 16 heavy (non-hydrogen) atoms. The first-order valence-electron chi connectivity index (χ1n) is 5.50. The third-order valence-corrected chi connectivity index (χ3v) is 3.64. The van der Waals surface area contributed by atoms with E-state index < -0.39 is 0 Å². The van der Waals surface area contributed by atoms with E-state index in [1.165, 1.54) is 0 Å². The van der Waals surface area contributed by atoms with Crippen LogP contribution in [0.2, 0.25) is 0 Å². The SMILES string of the molecule is CCCC(N)C(=O)c1cccc2ccsc12. The summed E-state index contributed by atoms with van der Waals surface area (Å²) in [6.45, 7) is 2.04. The maximum Gasteiger partial charge on any atom is 0.180 e. The standard InChI is InChI=1S/C13H15NOS/c1-2-4-11(14)12(15)10-6-3-5-9-7-8-16-13(9)10/h3,5-8,11H,2,4,14H2,1H3. The van der Waals surface area contributed by atoms with Crippen LogP contribution < -0.4 is 5.73 Å². The van der Waals surface area contributed by atoms with Crippen LogP contribution in [0, 0.1) is 0 Å². The molecule has 0 spiro atoms. The van der Waals surface area contributed by atoms with Crippen molar-refractivity contribution in [3.05, 3.63) is 35.2 Å². The van der Waals surface area contributed by atoms with Crippen molar-refractivity contribution in [2.24, 2.45) is 5.73 Å². The lowest BCUT2D eigenvalue weighted by molar-refractivity contribution is 0.0958. The zero-order chi connectivity index (χ0) is 11.5. The van der Waals surface area contributed by atoms with E-state index >= 15 is 0 Å². The molecule has 0 saturated carbocycles. The van der Waals surface area contributed by atoms with Crippen molar-refractivity contribution in [2.75, 3.05) is 0 Å². The fourth-order valence-electron chi connectivity index (χ4n) is 1.83. The predicted molar refractivity (Wildman–Crippen MR) is 69.0 cm³/mol. The van der Waals surface area contributed by atoms with Gasteiger partial charge in [-0.1, -0.05) is 25.5 Å². The minimum Gasteiger partial charge on any atom is -0.321 e. The molecule has 2 N–H and O–H groups in total. The zero-order valence-electron chi connectivity index (χ0n) is 9.27. The summed E-state index contributed by atoms with van der Waals surface area (Å²) in [5.74, 6) is 0.0647. The van der Waals surface area contributed by atoms with Crippen molar-refractivity contribution in [3.8, 4) is 0 Å². The van der Waals surface area contributed by atoms with Gasteiger partial charge in [0.2, 0.25) is 0 Å². The van der Waals surface area contributed by atoms with Gasteiger partial charge in [-0.05, 0) is 29.3 Å². The minimum absolute atomic E-state index is 0.0647. The number of hydrogen-bond acceptors (Lipinski definition) is 3. The minimum atomic E-state index is -0.363. The lowest BCUT2D eigenvalue weighted by Gasteiger charge is -2.09. The van der Waals surface area contributed by atoms with Crippen LogP contribution in [0.5, 0.6) is 0 Å². The summed E-state index contributed by atoms with van der Waals surface area (Å²) >= 11 is 1.60. The molecule has 0 aliphatic carbocycles. The molecule has 0 saturated heterocycles. The van der Waals surface area contributed by atoms with Crippen LogP contribution in [-0.4, -0.2) is 11.8 Å². The van der Waals surface area contributed by atoms with Gasteiger partial charge in [-0.25, -0.2) is 0 Å². The molecule has 2 aromatic rings. The van der Waals surface area contributed by atoms with E-state index in [9.17, 15) is 4.79 Å². The van der Waals surface area contributed by atoms with Crippen LogP contribution in [0.3, 0.4) is 0 Å². The number of thiophene rings is 1. The molecule has 84 valence electrons. The quantitative estimate of drug-likeness (QED) is 0.824. The van der Waals surface area contributed by atoms with Crippen LogP contribution in [0.4, 0.5) is 0 Å². The molecule has 0 aliphatic heterocycles. The Labute approximate surface area is 99.1 Å². The summed E-state index contributed by atoms with van der Waals surface area (Å²) < 4.78 is 1.05.